The van der Waals surface area contributed by atoms with E-state index < -0.39 is 0 Å². The summed E-state index contributed by atoms with van der Waals surface area (Å²) in [5.74, 6) is 0.142. The Morgan fingerprint density at radius 1 is 1.10 bits per heavy atom. The maximum Gasteiger partial charge on any atom is 0.322 e. The number of hydrogen-bond acceptors (Lipinski definition) is 2. The van der Waals surface area contributed by atoms with Gasteiger partial charge in [-0.05, 0) is 67.9 Å². The Morgan fingerprint density at radius 2 is 1.93 bits per heavy atom. The Bertz CT molecular complexity index is 881. The van der Waals surface area contributed by atoms with Gasteiger partial charge in [0.2, 0.25) is 5.91 Å². The number of piperidine rings is 1. The van der Waals surface area contributed by atoms with Crippen molar-refractivity contribution in [3.63, 3.8) is 0 Å². The van der Waals surface area contributed by atoms with Crippen LogP contribution in [0.1, 0.15) is 43.2 Å². The number of anilines is 2. The van der Waals surface area contributed by atoms with Gasteiger partial charge in [-0.3, -0.25) is 4.79 Å². The summed E-state index contributed by atoms with van der Waals surface area (Å²) in [6.45, 7) is 0.813. The van der Waals surface area contributed by atoms with Crippen molar-refractivity contribution in [1.82, 2.24) is 4.90 Å². The number of aryl methyl sites for hydroxylation is 2. The molecule has 4 rings (SSSR count). The van der Waals surface area contributed by atoms with Crippen molar-refractivity contribution >= 4 is 23.3 Å². The molecule has 0 spiro atoms. The number of fused-ring (bicyclic) bond motifs is 1. The second-order valence-corrected chi connectivity index (χ2v) is 8.09. The highest BCUT2D eigenvalue weighted by Crippen LogP contribution is 2.30. The summed E-state index contributed by atoms with van der Waals surface area (Å²) in [6.07, 6.45) is 6.55. The van der Waals surface area contributed by atoms with Crippen LogP contribution in [0.25, 0.3) is 0 Å². The molecule has 152 valence electrons. The number of nitrogens with one attached hydrogen (secondary N) is 1. The van der Waals surface area contributed by atoms with E-state index in [2.05, 4.69) is 29.6 Å². The summed E-state index contributed by atoms with van der Waals surface area (Å²) >= 11 is 0. The van der Waals surface area contributed by atoms with Gasteiger partial charge in [0.25, 0.3) is 0 Å². The quantitative estimate of drug-likeness (QED) is 0.827. The lowest BCUT2D eigenvalue weighted by molar-refractivity contribution is -0.118. The normalized spacial score (nSPS) is 19.1. The molecule has 2 heterocycles. The van der Waals surface area contributed by atoms with Gasteiger partial charge in [0.05, 0.1) is 0 Å². The van der Waals surface area contributed by atoms with E-state index in [0.717, 1.165) is 55.6 Å². The number of rotatable bonds is 4. The molecule has 2 aromatic carbocycles. The molecule has 2 aliphatic heterocycles. The molecule has 1 N–H and O–H groups in total. The molecule has 29 heavy (non-hydrogen) atoms. The van der Waals surface area contributed by atoms with Crippen molar-refractivity contribution in [3.05, 3.63) is 59.7 Å². The van der Waals surface area contributed by atoms with Crippen molar-refractivity contribution in [2.24, 2.45) is 0 Å². The molecule has 1 atom stereocenters. The molecule has 1 saturated heterocycles. The summed E-state index contributed by atoms with van der Waals surface area (Å²) < 4.78 is 0. The molecule has 0 aliphatic carbocycles. The Hall–Kier alpha value is -2.82. The third-order valence-corrected chi connectivity index (χ3v) is 6.17. The predicted molar refractivity (Wildman–Crippen MR) is 116 cm³/mol. The van der Waals surface area contributed by atoms with Crippen molar-refractivity contribution in [3.8, 4) is 0 Å². The lowest BCUT2D eigenvalue weighted by Crippen LogP contribution is -2.46. The minimum atomic E-state index is -0.0112. The Labute approximate surface area is 172 Å². The molecule has 2 aromatic rings. The molecule has 0 radical (unpaired) electrons. The highest BCUT2D eigenvalue weighted by atomic mass is 16.2. The van der Waals surface area contributed by atoms with E-state index in [1.165, 1.54) is 12.0 Å². The SMILES string of the molecule is CN1C(=O)CCc2cc(NC(=O)N3CCCCC3CCc3ccccc3)ccc21. The number of carbonyl (C=O) groups excluding carboxylic acids is 2. The maximum atomic E-state index is 13.0. The molecule has 1 unspecified atom stereocenters. The Morgan fingerprint density at radius 3 is 2.76 bits per heavy atom. The third-order valence-electron chi connectivity index (χ3n) is 6.17. The topological polar surface area (TPSA) is 52.7 Å². The van der Waals surface area contributed by atoms with Crippen LogP contribution >= 0.6 is 0 Å². The van der Waals surface area contributed by atoms with Gasteiger partial charge in [-0.25, -0.2) is 4.79 Å². The van der Waals surface area contributed by atoms with Gasteiger partial charge in [-0.1, -0.05) is 30.3 Å². The van der Waals surface area contributed by atoms with Crippen LogP contribution in [0.4, 0.5) is 16.2 Å². The second-order valence-electron chi connectivity index (χ2n) is 8.09. The first-order chi connectivity index (χ1) is 14.1. The van der Waals surface area contributed by atoms with Crippen LogP contribution in [0.5, 0.6) is 0 Å². The molecule has 3 amide bonds. The Balaban J connectivity index is 1.41. The minimum Gasteiger partial charge on any atom is -0.322 e. The monoisotopic (exact) mass is 391 g/mol. The number of nitrogens with zero attached hydrogens (tertiary/aromatic N) is 2. The number of amides is 3. The van der Waals surface area contributed by atoms with Crippen molar-refractivity contribution in [1.29, 1.82) is 0 Å². The van der Waals surface area contributed by atoms with Crippen LogP contribution in [0.15, 0.2) is 48.5 Å². The summed E-state index contributed by atoms with van der Waals surface area (Å²) in [6, 6.07) is 16.6. The average Bonchev–Trinajstić information content (AvgIpc) is 2.76. The average molecular weight is 392 g/mol. The minimum absolute atomic E-state index is 0.0112. The standard InChI is InChI=1S/C24H29N3O2/c1-26-22-14-12-20(17-19(22)11-15-23(26)28)25-24(29)27-16-6-5-9-21(27)13-10-18-7-3-2-4-8-18/h2-4,7-8,12,14,17,21H,5-6,9-11,13,15-16H2,1H3,(H,25,29). The fourth-order valence-corrected chi connectivity index (χ4v) is 4.48. The first-order valence-corrected chi connectivity index (χ1v) is 10.6. The van der Waals surface area contributed by atoms with Crippen LogP contribution in [-0.4, -0.2) is 36.5 Å². The summed E-state index contributed by atoms with van der Waals surface area (Å²) in [4.78, 5) is 28.6. The van der Waals surface area contributed by atoms with E-state index >= 15 is 0 Å². The van der Waals surface area contributed by atoms with Crippen molar-refractivity contribution in [2.45, 2.75) is 51.0 Å². The van der Waals surface area contributed by atoms with E-state index in [4.69, 9.17) is 0 Å². The zero-order chi connectivity index (χ0) is 20.2. The van der Waals surface area contributed by atoms with Crippen molar-refractivity contribution < 1.29 is 9.59 Å². The number of likely N-dealkylation sites (tertiary alicyclic amines) is 1. The molecule has 0 bridgehead atoms. The predicted octanol–water partition coefficient (Wildman–Crippen LogP) is 4.61. The number of carbonyl (C=O) groups is 2. The highest BCUT2D eigenvalue weighted by Gasteiger charge is 2.27. The molecule has 5 heteroatoms. The van der Waals surface area contributed by atoms with Crippen LogP contribution in [-0.2, 0) is 17.6 Å². The fraction of sp³-hybridized carbons (Fsp3) is 0.417. The van der Waals surface area contributed by atoms with Gasteiger partial charge in [0, 0.05) is 37.4 Å². The van der Waals surface area contributed by atoms with Gasteiger partial charge < -0.3 is 15.1 Å². The van der Waals surface area contributed by atoms with Crippen LogP contribution in [0.3, 0.4) is 0 Å². The lowest BCUT2D eigenvalue weighted by Gasteiger charge is -2.36. The van der Waals surface area contributed by atoms with E-state index in [1.807, 2.05) is 36.2 Å². The molecule has 0 aromatic heterocycles. The molecule has 2 aliphatic rings. The van der Waals surface area contributed by atoms with E-state index in [1.54, 1.807) is 4.90 Å². The van der Waals surface area contributed by atoms with Gasteiger partial charge >= 0.3 is 6.03 Å². The Kier molecular flexibility index (Phi) is 5.84. The first-order valence-electron chi connectivity index (χ1n) is 10.6. The van der Waals surface area contributed by atoms with E-state index in [9.17, 15) is 9.59 Å². The summed E-state index contributed by atoms with van der Waals surface area (Å²) in [5.41, 5.74) is 4.19. The van der Waals surface area contributed by atoms with Gasteiger partial charge in [-0.15, -0.1) is 0 Å². The van der Waals surface area contributed by atoms with Crippen LogP contribution in [0.2, 0.25) is 0 Å². The molecular formula is C24H29N3O2. The number of urea groups is 1. The van der Waals surface area contributed by atoms with Crippen LogP contribution in [0, 0.1) is 0 Å². The number of hydrogen-bond donors (Lipinski definition) is 1. The molecular weight excluding hydrogens is 362 g/mol. The van der Waals surface area contributed by atoms with Gasteiger partial charge in [0.1, 0.15) is 0 Å². The fourth-order valence-electron chi connectivity index (χ4n) is 4.48. The molecule has 1 fully saturated rings. The largest absolute Gasteiger partial charge is 0.322 e. The number of benzene rings is 2. The van der Waals surface area contributed by atoms with Crippen LogP contribution < -0.4 is 10.2 Å². The zero-order valence-corrected chi connectivity index (χ0v) is 17.1. The second kappa shape index (κ2) is 8.68. The third kappa shape index (κ3) is 4.44. The highest BCUT2D eigenvalue weighted by molar-refractivity contribution is 5.97. The first kappa shape index (κ1) is 19.5. The zero-order valence-electron chi connectivity index (χ0n) is 17.1. The van der Waals surface area contributed by atoms with E-state index in [0.29, 0.717) is 6.42 Å². The van der Waals surface area contributed by atoms with Gasteiger partial charge in [-0.2, -0.15) is 0 Å². The van der Waals surface area contributed by atoms with E-state index in [-0.39, 0.29) is 18.0 Å². The maximum absolute atomic E-state index is 13.0. The smallest absolute Gasteiger partial charge is 0.322 e. The lowest BCUT2D eigenvalue weighted by atomic mass is 9.96. The van der Waals surface area contributed by atoms with Gasteiger partial charge in [0.15, 0.2) is 0 Å². The van der Waals surface area contributed by atoms with Crippen molar-refractivity contribution in [2.75, 3.05) is 23.8 Å². The molecule has 0 saturated carbocycles. The summed E-state index contributed by atoms with van der Waals surface area (Å²) in [7, 11) is 1.81. The summed E-state index contributed by atoms with van der Waals surface area (Å²) in [5, 5.41) is 3.10. The molecule has 5 nitrogen and oxygen atoms in total.